The van der Waals surface area contributed by atoms with Crippen LogP contribution in [0.1, 0.15) is 98.9 Å². The van der Waals surface area contributed by atoms with E-state index in [2.05, 4.69) is 20.7 Å². The van der Waals surface area contributed by atoms with Crippen LogP contribution in [0.4, 0.5) is 11.9 Å². The number of rotatable bonds is 13. The second-order valence-electron chi connectivity index (χ2n) is 13.0. The Kier molecular flexibility index (Phi) is 9.69. The van der Waals surface area contributed by atoms with Crippen LogP contribution in [-0.2, 0) is 26.7 Å². The number of aromatic nitrogens is 7. The lowest BCUT2D eigenvalue weighted by molar-refractivity contribution is 0.0992. The minimum absolute atomic E-state index is 0. The number of carbonyl (C=O) groups excluding carboxylic acids is 4. The van der Waals surface area contributed by atoms with Gasteiger partial charge in [0.25, 0.3) is 11.8 Å². The first kappa shape index (κ1) is 35.6. The molecule has 6 N–H and O–H groups in total. The smallest absolute Gasteiger partial charge is 0.276 e. The van der Waals surface area contributed by atoms with Gasteiger partial charge < -0.3 is 25.2 Å². The van der Waals surface area contributed by atoms with Crippen LogP contribution < -0.4 is 22.1 Å². The Morgan fingerprint density at radius 3 is 1.79 bits per heavy atom. The van der Waals surface area contributed by atoms with Crippen molar-refractivity contribution in [3.8, 4) is 0 Å². The summed E-state index contributed by atoms with van der Waals surface area (Å²) in [5.41, 5.74) is 17.0. The van der Waals surface area contributed by atoms with Crippen molar-refractivity contribution in [2.75, 3.05) is 10.6 Å². The summed E-state index contributed by atoms with van der Waals surface area (Å²) in [6, 6.07) is 13.7. The van der Waals surface area contributed by atoms with Gasteiger partial charge in [-0.05, 0) is 99.5 Å². The average Bonchev–Trinajstić information content (AvgIpc) is 3.45. The first-order chi connectivity index (χ1) is 24.5. The van der Waals surface area contributed by atoms with Crippen LogP contribution in [0.15, 0.2) is 54.7 Å². The molecule has 15 nitrogen and oxygen atoms in total. The molecule has 7 rings (SSSR count). The van der Waals surface area contributed by atoms with Gasteiger partial charge in [-0.2, -0.15) is 5.10 Å². The summed E-state index contributed by atoms with van der Waals surface area (Å²) in [6.45, 7) is 5.22. The summed E-state index contributed by atoms with van der Waals surface area (Å²) >= 11 is 0. The monoisotopic (exact) mass is 705 g/mol. The van der Waals surface area contributed by atoms with Crippen LogP contribution in [0, 0.1) is 6.92 Å². The fourth-order valence-corrected chi connectivity index (χ4v) is 6.51. The Morgan fingerprint density at radius 1 is 0.788 bits per heavy atom. The summed E-state index contributed by atoms with van der Waals surface area (Å²) in [6.07, 6.45) is 5.55. The molecule has 0 aliphatic heterocycles. The molecule has 0 saturated heterocycles. The van der Waals surface area contributed by atoms with Crippen LogP contribution >= 0.6 is 0 Å². The maximum absolute atomic E-state index is 13.5. The molecule has 1 aliphatic rings. The van der Waals surface area contributed by atoms with Crippen molar-refractivity contribution in [1.82, 2.24) is 33.4 Å². The maximum atomic E-state index is 13.5. The lowest BCUT2D eigenvalue weighted by Crippen LogP contribution is -2.20. The van der Waals surface area contributed by atoms with Crippen molar-refractivity contribution in [2.45, 2.75) is 72.5 Å². The van der Waals surface area contributed by atoms with Gasteiger partial charge in [-0.25, -0.2) is 9.97 Å². The first-order valence-corrected chi connectivity index (χ1v) is 16.9. The summed E-state index contributed by atoms with van der Waals surface area (Å²) < 4.78 is 7.28. The quantitative estimate of drug-likeness (QED) is 0.122. The predicted octanol–water partition coefficient (Wildman–Crippen LogP) is 4.95. The molecule has 0 bridgehead atoms. The zero-order chi connectivity index (χ0) is 36.0. The molecule has 2 aromatic carbocycles. The fourth-order valence-electron chi connectivity index (χ4n) is 6.51. The zero-order valence-corrected chi connectivity index (χ0v) is 28.6. The van der Waals surface area contributed by atoms with E-state index < -0.39 is 11.8 Å². The van der Waals surface area contributed by atoms with Gasteiger partial charge >= 0.3 is 0 Å². The number of hydrogen-bond acceptors (Lipinski definition) is 7. The van der Waals surface area contributed by atoms with Crippen molar-refractivity contribution in [1.29, 1.82) is 0 Å². The first-order valence-electron chi connectivity index (χ1n) is 16.9. The molecule has 52 heavy (non-hydrogen) atoms. The third kappa shape index (κ3) is 6.89. The minimum Gasteiger partial charge on any atom is -0.366 e. The molecule has 4 amide bonds. The van der Waals surface area contributed by atoms with Crippen LogP contribution in [0.2, 0.25) is 0 Å². The molecule has 0 radical (unpaired) electrons. The van der Waals surface area contributed by atoms with Crippen LogP contribution in [0.25, 0.3) is 22.1 Å². The number of amides is 4. The predicted molar refractivity (Wildman–Crippen MR) is 198 cm³/mol. The van der Waals surface area contributed by atoms with Gasteiger partial charge in [0.05, 0.1) is 27.8 Å². The number of imidazole rings is 2. The van der Waals surface area contributed by atoms with Gasteiger partial charge in [0, 0.05) is 44.0 Å². The molecule has 6 aromatic rings. The lowest BCUT2D eigenvalue weighted by atomic mass is 10.2. The van der Waals surface area contributed by atoms with Gasteiger partial charge in [-0.15, -0.1) is 0 Å². The normalized spacial score (nSPS) is 12.6. The molecule has 4 aromatic heterocycles. The summed E-state index contributed by atoms with van der Waals surface area (Å²) in [7, 11) is 1.85. The zero-order valence-electron chi connectivity index (χ0n) is 28.6. The van der Waals surface area contributed by atoms with E-state index in [9.17, 15) is 19.2 Å². The largest absolute Gasteiger partial charge is 0.366 e. The second-order valence-corrected chi connectivity index (χ2v) is 13.0. The Morgan fingerprint density at radius 2 is 1.31 bits per heavy atom. The number of primary amides is 2. The highest BCUT2D eigenvalue weighted by molar-refractivity contribution is 6.04. The van der Waals surface area contributed by atoms with Gasteiger partial charge in [0.1, 0.15) is 11.4 Å². The van der Waals surface area contributed by atoms with E-state index in [4.69, 9.17) is 16.5 Å². The Hall–Kier alpha value is -6.25. The van der Waals surface area contributed by atoms with Crippen molar-refractivity contribution >= 4 is 57.6 Å². The van der Waals surface area contributed by atoms with Crippen LogP contribution in [0.3, 0.4) is 0 Å². The van der Waals surface area contributed by atoms with E-state index in [0.29, 0.717) is 83.8 Å². The highest BCUT2D eigenvalue weighted by Crippen LogP contribution is 2.40. The molecular weight excluding hydrogens is 662 g/mol. The molecule has 0 atom stereocenters. The highest BCUT2D eigenvalue weighted by Gasteiger charge is 2.27. The number of nitrogens with two attached hydrogens (primary N) is 2. The van der Waals surface area contributed by atoms with Crippen molar-refractivity contribution in [3.63, 3.8) is 0 Å². The van der Waals surface area contributed by atoms with Crippen LogP contribution in [-0.4, -0.2) is 57.1 Å². The SMILES string of the molecule is C.CCn1nc(C)cc1C(=O)Nc1nc2cc(C(N)=O)ccc2n1CCCCn1c(NC(=O)c2cc(C3CC3)cn2C)nc2cc(C(N)=O)ccc21. The van der Waals surface area contributed by atoms with Crippen molar-refractivity contribution < 1.29 is 19.2 Å². The Bertz CT molecular complexity index is 2360. The molecule has 1 fully saturated rings. The number of unbranched alkanes of at least 4 members (excludes halogenated alkanes) is 1. The number of fused-ring (bicyclic) bond motifs is 2. The highest BCUT2D eigenvalue weighted by atomic mass is 16.2. The third-order valence-electron chi connectivity index (χ3n) is 9.27. The molecule has 15 heteroatoms. The fraction of sp³-hybridized carbons (Fsp3) is 0.324. The maximum Gasteiger partial charge on any atom is 0.276 e. The molecule has 4 heterocycles. The van der Waals surface area contributed by atoms with E-state index in [1.54, 1.807) is 47.1 Å². The molecule has 1 saturated carbocycles. The molecule has 1 aliphatic carbocycles. The topological polar surface area (TPSA) is 203 Å². The average molecular weight is 706 g/mol. The van der Waals surface area contributed by atoms with E-state index in [1.165, 1.54) is 0 Å². The molecule has 0 spiro atoms. The molecule has 0 unspecified atom stereocenters. The van der Waals surface area contributed by atoms with E-state index in [1.807, 2.05) is 46.9 Å². The molecule has 270 valence electrons. The van der Waals surface area contributed by atoms with E-state index in [0.717, 1.165) is 35.1 Å². The summed E-state index contributed by atoms with van der Waals surface area (Å²) in [4.78, 5) is 60.1. The Balaban J connectivity index is 0.00000464. The van der Waals surface area contributed by atoms with Gasteiger partial charge in [-0.3, -0.25) is 34.5 Å². The van der Waals surface area contributed by atoms with E-state index >= 15 is 0 Å². The number of hydrogen-bond donors (Lipinski definition) is 4. The number of carbonyl (C=O) groups is 4. The number of aryl methyl sites for hydroxylation is 5. The summed E-state index contributed by atoms with van der Waals surface area (Å²) in [5.74, 6) is -0.594. The van der Waals surface area contributed by atoms with Crippen molar-refractivity contribution in [2.24, 2.45) is 18.5 Å². The van der Waals surface area contributed by atoms with E-state index in [-0.39, 0.29) is 19.2 Å². The van der Waals surface area contributed by atoms with Gasteiger partial charge in [0.2, 0.25) is 23.7 Å². The Labute approximate surface area is 300 Å². The minimum atomic E-state index is -0.576. The summed E-state index contributed by atoms with van der Waals surface area (Å²) in [5, 5.41) is 10.3. The number of benzene rings is 2. The van der Waals surface area contributed by atoms with Crippen molar-refractivity contribution in [3.05, 3.63) is 88.5 Å². The van der Waals surface area contributed by atoms with Crippen LogP contribution in [0.5, 0.6) is 0 Å². The number of nitrogens with zero attached hydrogens (tertiary/aromatic N) is 7. The number of anilines is 2. The second kappa shape index (κ2) is 14.2. The third-order valence-corrected chi connectivity index (χ3v) is 9.27. The van der Waals surface area contributed by atoms with Gasteiger partial charge in [-0.1, -0.05) is 7.43 Å². The lowest BCUT2D eigenvalue weighted by Gasteiger charge is -2.13. The molecular formula is C37H43N11O4. The van der Waals surface area contributed by atoms with Gasteiger partial charge in [0.15, 0.2) is 0 Å². The standard InChI is InChI=1S/C36H39N11O4.CH4/c1-4-47-30(15-20(2)43-47)34(51)42-36-40-26-17-23(32(38)49)10-12-28(26)46(36)14-6-5-13-45-27-11-9-22(31(37)48)16-25(27)39-35(45)41-33(50)29-18-24(19-44(29)3)21-7-8-21;/h9-12,15-19,21H,4-8,13-14H2,1-3H3,(H2,37,48)(H2,38,49)(H,39,41,50)(H,40,42,51);1H4. The number of nitrogens with one attached hydrogen (secondary N) is 2.